The van der Waals surface area contributed by atoms with Crippen molar-refractivity contribution < 1.29 is 9.52 Å². The van der Waals surface area contributed by atoms with Gasteiger partial charge >= 0.3 is 0 Å². The van der Waals surface area contributed by atoms with Gasteiger partial charge in [-0.05, 0) is 31.4 Å². The molecule has 0 spiro atoms. The average molecular weight is 209 g/mol. The molecule has 3 unspecified atom stereocenters. The van der Waals surface area contributed by atoms with Crippen LogP contribution in [0.2, 0.25) is 0 Å². The molecular weight excluding hydrogens is 190 g/mol. The van der Waals surface area contributed by atoms with E-state index >= 15 is 0 Å². The monoisotopic (exact) mass is 209 g/mol. The van der Waals surface area contributed by atoms with E-state index < -0.39 is 6.10 Å². The van der Waals surface area contributed by atoms with Gasteiger partial charge in [-0.1, -0.05) is 13.3 Å². The van der Waals surface area contributed by atoms with E-state index in [9.17, 15) is 5.11 Å². The number of rotatable bonds is 3. The lowest BCUT2D eigenvalue weighted by Crippen LogP contribution is -2.41. The summed E-state index contributed by atoms with van der Waals surface area (Å²) in [7, 11) is 0. The largest absolute Gasteiger partial charge is 0.472 e. The predicted octanol–water partition coefficient (Wildman–Crippen LogP) is 2.09. The van der Waals surface area contributed by atoms with E-state index in [0.717, 1.165) is 24.4 Å². The molecule has 0 aromatic carbocycles. The summed E-state index contributed by atoms with van der Waals surface area (Å²) < 4.78 is 4.99. The fourth-order valence-electron chi connectivity index (χ4n) is 2.32. The number of aliphatic hydroxyl groups excluding tert-OH is 1. The Balaban J connectivity index is 1.98. The molecule has 0 radical (unpaired) electrons. The lowest BCUT2D eigenvalue weighted by molar-refractivity contribution is 0.0973. The van der Waals surface area contributed by atoms with Gasteiger partial charge in [-0.3, -0.25) is 0 Å². The Morgan fingerprint density at radius 1 is 1.67 bits per heavy atom. The van der Waals surface area contributed by atoms with Crippen LogP contribution in [-0.2, 0) is 0 Å². The SMILES string of the molecule is CCC1CCNC(C(O)c2ccoc2)C1. The second-order valence-electron chi connectivity index (χ2n) is 4.36. The van der Waals surface area contributed by atoms with Crippen molar-refractivity contribution in [2.45, 2.75) is 38.3 Å². The normalized spacial score (nSPS) is 28.9. The molecule has 0 bridgehead atoms. The Kier molecular flexibility index (Phi) is 3.44. The van der Waals surface area contributed by atoms with E-state index in [0.29, 0.717) is 0 Å². The minimum Gasteiger partial charge on any atom is -0.472 e. The van der Waals surface area contributed by atoms with Gasteiger partial charge in [-0.15, -0.1) is 0 Å². The highest BCUT2D eigenvalue weighted by Crippen LogP contribution is 2.27. The lowest BCUT2D eigenvalue weighted by atomic mass is 9.87. The first-order valence-corrected chi connectivity index (χ1v) is 5.74. The lowest BCUT2D eigenvalue weighted by Gasteiger charge is -2.32. The van der Waals surface area contributed by atoms with E-state index in [2.05, 4.69) is 12.2 Å². The standard InChI is InChI=1S/C12H19NO2/c1-2-9-3-5-13-11(7-9)12(14)10-4-6-15-8-10/h4,6,8-9,11-14H,2-3,5,7H2,1H3. The molecule has 2 rings (SSSR count). The average Bonchev–Trinajstić information content (AvgIpc) is 2.81. The van der Waals surface area contributed by atoms with Crippen molar-refractivity contribution in [3.05, 3.63) is 24.2 Å². The van der Waals surface area contributed by atoms with Crippen molar-refractivity contribution >= 4 is 0 Å². The topological polar surface area (TPSA) is 45.4 Å². The molecule has 1 aliphatic heterocycles. The zero-order chi connectivity index (χ0) is 10.7. The highest BCUT2D eigenvalue weighted by molar-refractivity contribution is 5.12. The molecule has 1 aromatic rings. The maximum Gasteiger partial charge on any atom is 0.0973 e. The first-order chi connectivity index (χ1) is 7.31. The van der Waals surface area contributed by atoms with E-state index in [-0.39, 0.29) is 6.04 Å². The molecular formula is C12H19NO2. The Labute approximate surface area is 90.5 Å². The third kappa shape index (κ3) is 2.41. The Morgan fingerprint density at radius 3 is 3.20 bits per heavy atom. The van der Waals surface area contributed by atoms with Crippen LogP contribution in [0, 0.1) is 5.92 Å². The van der Waals surface area contributed by atoms with Crippen LogP contribution in [-0.4, -0.2) is 17.7 Å². The van der Waals surface area contributed by atoms with Gasteiger partial charge in [0.15, 0.2) is 0 Å². The Bertz CT molecular complexity index is 284. The predicted molar refractivity (Wildman–Crippen MR) is 58.5 cm³/mol. The summed E-state index contributed by atoms with van der Waals surface area (Å²) in [5, 5.41) is 13.5. The van der Waals surface area contributed by atoms with Crippen LogP contribution < -0.4 is 5.32 Å². The van der Waals surface area contributed by atoms with E-state index in [1.807, 2.05) is 6.07 Å². The second-order valence-corrected chi connectivity index (χ2v) is 4.36. The van der Waals surface area contributed by atoms with Gasteiger partial charge < -0.3 is 14.8 Å². The fourth-order valence-corrected chi connectivity index (χ4v) is 2.32. The van der Waals surface area contributed by atoms with Gasteiger partial charge in [0, 0.05) is 11.6 Å². The van der Waals surface area contributed by atoms with Crippen molar-refractivity contribution in [2.24, 2.45) is 5.92 Å². The van der Waals surface area contributed by atoms with Crippen LogP contribution in [0.4, 0.5) is 0 Å². The van der Waals surface area contributed by atoms with Gasteiger partial charge in [0.1, 0.15) is 0 Å². The molecule has 2 N–H and O–H groups in total. The fraction of sp³-hybridized carbons (Fsp3) is 0.667. The van der Waals surface area contributed by atoms with Crippen LogP contribution in [0.25, 0.3) is 0 Å². The number of furan rings is 1. The van der Waals surface area contributed by atoms with Crippen molar-refractivity contribution in [2.75, 3.05) is 6.54 Å². The summed E-state index contributed by atoms with van der Waals surface area (Å²) in [4.78, 5) is 0. The molecule has 1 aliphatic rings. The smallest absolute Gasteiger partial charge is 0.0973 e. The molecule has 2 heterocycles. The molecule has 1 aromatic heterocycles. The van der Waals surface area contributed by atoms with E-state index in [1.165, 1.54) is 12.8 Å². The minimum atomic E-state index is -0.432. The second kappa shape index (κ2) is 4.81. The number of piperidine rings is 1. The van der Waals surface area contributed by atoms with Crippen LogP contribution in [0.3, 0.4) is 0 Å². The van der Waals surface area contributed by atoms with Crippen LogP contribution in [0.15, 0.2) is 23.0 Å². The molecule has 15 heavy (non-hydrogen) atoms. The van der Waals surface area contributed by atoms with Crippen LogP contribution in [0.5, 0.6) is 0 Å². The van der Waals surface area contributed by atoms with E-state index in [4.69, 9.17) is 4.42 Å². The summed E-state index contributed by atoms with van der Waals surface area (Å²) in [5.74, 6) is 0.748. The molecule has 0 aliphatic carbocycles. The molecule has 3 heteroatoms. The maximum absolute atomic E-state index is 10.1. The molecule has 3 atom stereocenters. The van der Waals surface area contributed by atoms with E-state index in [1.54, 1.807) is 12.5 Å². The van der Waals surface area contributed by atoms with Crippen LogP contribution >= 0.6 is 0 Å². The van der Waals surface area contributed by atoms with Crippen LogP contribution in [0.1, 0.15) is 37.9 Å². The van der Waals surface area contributed by atoms with Crippen molar-refractivity contribution in [1.82, 2.24) is 5.32 Å². The summed E-state index contributed by atoms with van der Waals surface area (Å²) in [6, 6.07) is 2.02. The molecule has 3 nitrogen and oxygen atoms in total. The number of nitrogens with one attached hydrogen (secondary N) is 1. The van der Waals surface area contributed by atoms with Gasteiger partial charge in [-0.2, -0.15) is 0 Å². The maximum atomic E-state index is 10.1. The summed E-state index contributed by atoms with van der Waals surface area (Å²) in [5.41, 5.74) is 0.879. The van der Waals surface area contributed by atoms with Crippen molar-refractivity contribution in [1.29, 1.82) is 0 Å². The van der Waals surface area contributed by atoms with Gasteiger partial charge in [0.2, 0.25) is 0 Å². The number of hydrogen-bond donors (Lipinski definition) is 2. The van der Waals surface area contributed by atoms with Gasteiger partial charge in [-0.25, -0.2) is 0 Å². The molecule has 0 saturated carbocycles. The Hall–Kier alpha value is -0.800. The quantitative estimate of drug-likeness (QED) is 0.801. The highest BCUT2D eigenvalue weighted by atomic mass is 16.3. The first-order valence-electron chi connectivity index (χ1n) is 5.74. The first kappa shape index (κ1) is 10.7. The number of hydrogen-bond acceptors (Lipinski definition) is 3. The zero-order valence-electron chi connectivity index (χ0n) is 9.15. The third-order valence-electron chi connectivity index (χ3n) is 3.39. The van der Waals surface area contributed by atoms with Crippen molar-refractivity contribution in [3.8, 4) is 0 Å². The highest BCUT2D eigenvalue weighted by Gasteiger charge is 2.27. The minimum absolute atomic E-state index is 0.182. The molecule has 0 amide bonds. The third-order valence-corrected chi connectivity index (χ3v) is 3.39. The molecule has 84 valence electrons. The molecule has 1 saturated heterocycles. The Morgan fingerprint density at radius 2 is 2.53 bits per heavy atom. The summed E-state index contributed by atoms with van der Waals surface area (Å²) in [6.07, 6.45) is 6.29. The zero-order valence-corrected chi connectivity index (χ0v) is 9.15. The summed E-state index contributed by atoms with van der Waals surface area (Å²) in [6.45, 7) is 3.23. The van der Waals surface area contributed by atoms with Gasteiger partial charge in [0.05, 0.1) is 18.6 Å². The van der Waals surface area contributed by atoms with Crippen molar-refractivity contribution in [3.63, 3.8) is 0 Å². The number of aliphatic hydroxyl groups is 1. The van der Waals surface area contributed by atoms with Gasteiger partial charge in [0.25, 0.3) is 0 Å². The summed E-state index contributed by atoms with van der Waals surface area (Å²) >= 11 is 0. The molecule has 1 fully saturated rings.